The molecule has 0 aliphatic carbocycles. The van der Waals surface area contributed by atoms with Crippen molar-refractivity contribution >= 4 is 33.4 Å². The van der Waals surface area contributed by atoms with Crippen LogP contribution in [0.25, 0.3) is 0 Å². The van der Waals surface area contributed by atoms with E-state index in [0.29, 0.717) is 10.6 Å². The van der Waals surface area contributed by atoms with Gasteiger partial charge in [-0.1, -0.05) is 51.8 Å². The van der Waals surface area contributed by atoms with E-state index in [0.717, 1.165) is 37.2 Å². The highest BCUT2D eigenvalue weighted by molar-refractivity contribution is 9.10. The van der Waals surface area contributed by atoms with Crippen molar-refractivity contribution in [3.8, 4) is 0 Å². The first kappa shape index (κ1) is 16.5. The Bertz CT molecular complexity index is 699. The van der Waals surface area contributed by atoms with Gasteiger partial charge in [0, 0.05) is 47.8 Å². The molecule has 0 spiro atoms. The molecule has 0 saturated carbocycles. The largest absolute Gasteiger partial charge is 0.336 e. The van der Waals surface area contributed by atoms with Gasteiger partial charge in [-0.05, 0) is 29.8 Å². The molecule has 2 aromatic rings. The van der Waals surface area contributed by atoms with Crippen LogP contribution in [0.5, 0.6) is 0 Å². The predicted octanol–water partition coefficient (Wildman–Crippen LogP) is 4.06. The number of carbonyl (C=O) groups is 1. The molecule has 1 fully saturated rings. The fourth-order valence-electron chi connectivity index (χ4n) is 2.78. The summed E-state index contributed by atoms with van der Waals surface area (Å²) < 4.78 is 1.14. The fraction of sp³-hybridized carbons (Fsp3) is 0.278. The number of piperazine rings is 1. The summed E-state index contributed by atoms with van der Waals surface area (Å²) in [7, 11) is 0. The summed E-state index contributed by atoms with van der Waals surface area (Å²) in [5.74, 6) is 0.0630. The second-order valence-electron chi connectivity index (χ2n) is 5.67. The SMILES string of the molecule is O=C(c1cccc(Cl)c1)N1CCN(Cc2ccccc2Br)CC1. The molecular formula is C18H18BrClN2O. The Hall–Kier alpha value is -1.36. The molecule has 0 unspecified atom stereocenters. The van der Waals surface area contributed by atoms with E-state index in [4.69, 9.17) is 11.6 Å². The molecular weight excluding hydrogens is 376 g/mol. The minimum Gasteiger partial charge on any atom is -0.336 e. The first-order valence-corrected chi connectivity index (χ1v) is 8.81. The van der Waals surface area contributed by atoms with Crippen LogP contribution in [0.4, 0.5) is 0 Å². The van der Waals surface area contributed by atoms with Crippen molar-refractivity contribution in [2.24, 2.45) is 0 Å². The second kappa shape index (κ2) is 7.47. The number of carbonyl (C=O) groups excluding carboxylic acids is 1. The zero-order valence-electron chi connectivity index (χ0n) is 12.7. The normalized spacial score (nSPS) is 15.7. The Balaban J connectivity index is 1.58. The molecule has 0 radical (unpaired) electrons. The van der Waals surface area contributed by atoms with E-state index in [2.05, 4.69) is 39.0 Å². The Morgan fingerprint density at radius 2 is 1.78 bits per heavy atom. The Labute approximate surface area is 150 Å². The monoisotopic (exact) mass is 392 g/mol. The molecule has 5 heteroatoms. The van der Waals surface area contributed by atoms with Crippen LogP contribution in [0.1, 0.15) is 15.9 Å². The number of benzene rings is 2. The van der Waals surface area contributed by atoms with Crippen LogP contribution < -0.4 is 0 Å². The van der Waals surface area contributed by atoms with Gasteiger partial charge in [-0.15, -0.1) is 0 Å². The molecule has 0 N–H and O–H groups in total. The number of halogens is 2. The van der Waals surface area contributed by atoms with Crippen molar-refractivity contribution in [1.29, 1.82) is 0 Å². The molecule has 3 rings (SSSR count). The van der Waals surface area contributed by atoms with Crippen LogP contribution in [0.2, 0.25) is 5.02 Å². The average Bonchev–Trinajstić information content (AvgIpc) is 2.57. The first-order valence-electron chi connectivity index (χ1n) is 7.64. The van der Waals surface area contributed by atoms with Gasteiger partial charge in [0.1, 0.15) is 0 Å². The predicted molar refractivity (Wildman–Crippen MR) is 96.8 cm³/mol. The lowest BCUT2D eigenvalue weighted by Crippen LogP contribution is -2.48. The molecule has 0 atom stereocenters. The van der Waals surface area contributed by atoms with Gasteiger partial charge in [0.25, 0.3) is 5.91 Å². The summed E-state index contributed by atoms with van der Waals surface area (Å²) in [4.78, 5) is 16.8. The highest BCUT2D eigenvalue weighted by atomic mass is 79.9. The zero-order chi connectivity index (χ0) is 16.2. The van der Waals surface area contributed by atoms with Crippen molar-refractivity contribution in [3.63, 3.8) is 0 Å². The molecule has 1 saturated heterocycles. The summed E-state index contributed by atoms with van der Waals surface area (Å²) in [6.07, 6.45) is 0. The van der Waals surface area contributed by atoms with Gasteiger partial charge in [-0.25, -0.2) is 0 Å². The van der Waals surface area contributed by atoms with E-state index < -0.39 is 0 Å². The molecule has 1 amide bonds. The van der Waals surface area contributed by atoms with Gasteiger partial charge in [0.15, 0.2) is 0 Å². The summed E-state index contributed by atoms with van der Waals surface area (Å²) in [6.45, 7) is 4.16. The van der Waals surface area contributed by atoms with Crippen molar-refractivity contribution in [1.82, 2.24) is 9.80 Å². The third-order valence-corrected chi connectivity index (χ3v) is 5.09. The van der Waals surface area contributed by atoms with E-state index in [9.17, 15) is 4.79 Å². The van der Waals surface area contributed by atoms with Crippen LogP contribution in [-0.4, -0.2) is 41.9 Å². The molecule has 120 valence electrons. The van der Waals surface area contributed by atoms with E-state index in [1.807, 2.05) is 23.1 Å². The van der Waals surface area contributed by atoms with Crippen LogP contribution >= 0.6 is 27.5 Å². The summed E-state index contributed by atoms with van der Waals surface area (Å²) >= 11 is 9.56. The quantitative estimate of drug-likeness (QED) is 0.785. The Kier molecular flexibility index (Phi) is 5.36. The highest BCUT2D eigenvalue weighted by Crippen LogP contribution is 2.19. The topological polar surface area (TPSA) is 23.6 Å². The number of rotatable bonds is 3. The second-order valence-corrected chi connectivity index (χ2v) is 6.96. The van der Waals surface area contributed by atoms with Crippen LogP contribution in [0.15, 0.2) is 53.0 Å². The minimum atomic E-state index is 0.0630. The van der Waals surface area contributed by atoms with E-state index >= 15 is 0 Å². The van der Waals surface area contributed by atoms with Crippen LogP contribution in [0.3, 0.4) is 0 Å². The number of nitrogens with zero attached hydrogens (tertiary/aromatic N) is 2. The van der Waals surface area contributed by atoms with E-state index in [1.54, 1.807) is 12.1 Å². The van der Waals surface area contributed by atoms with E-state index in [-0.39, 0.29) is 5.91 Å². The van der Waals surface area contributed by atoms with Gasteiger partial charge >= 0.3 is 0 Å². The number of amides is 1. The van der Waals surface area contributed by atoms with Crippen molar-refractivity contribution in [3.05, 3.63) is 69.2 Å². The van der Waals surface area contributed by atoms with Crippen LogP contribution in [-0.2, 0) is 6.54 Å². The highest BCUT2D eigenvalue weighted by Gasteiger charge is 2.22. The van der Waals surface area contributed by atoms with Crippen molar-refractivity contribution in [2.75, 3.05) is 26.2 Å². The molecule has 1 aliphatic heterocycles. The van der Waals surface area contributed by atoms with Gasteiger partial charge < -0.3 is 4.90 Å². The number of hydrogen-bond donors (Lipinski definition) is 0. The average molecular weight is 394 g/mol. The lowest BCUT2D eigenvalue weighted by molar-refractivity contribution is 0.0628. The lowest BCUT2D eigenvalue weighted by Gasteiger charge is -2.35. The Morgan fingerprint density at radius 3 is 2.48 bits per heavy atom. The Morgan fingerprint density at radius 1 is 1.04 bits per heavy atom. The first-order chi connectivity index (χ1) is 11.1. The van der Waals surface area contributed by atoms with Gasteiger partial charge in [0.2, 0.25) is 0 Å². The standard InChI is InChI=1S/C18H18BrClN2O/c19-17-7-2-1-4-15(17)13-21-8-10-22(11-9-21)18(23)14-5-3-6-16(20)12-14/h1-7,12H,8-11,13H2. The molecule has 2 aromatic carbocycles. The van der Waals surface area contributed by atoms with Crippen molar-refractivity contribution in [2.45, 2.75) is 6.54 Å². The third kappa shape index (κ3) is 4.14. The zero-order valence-corrected chi connectivity index (χ0v) is 15.1. The van der Waals surface area contributed by atoms with E-state index in [1.165, 1.54) is 5.56 Å². The molecule has 0 aromatic heterocycles. The smallest absolute Gasteiger partial charge is 0.253 e. The maximum absolute atomic E-state index is 12.5. The summed E-state index contributed by atoms with van der Waals surface area (Å²) in [5.41, 5.74) is 1.94. The maximum atomic E-state index is 12.5. The molecule has 0 bridgehead atoms. The maximum Gasteiger partial charge on any atom is 0.253 e. The number of hydrogen-bond acceptors (Lipinski definition) is 2. The van der Waals surface area contributed by atoms with Crippen LogP contribution in [0, 0.1) is 0 Å². The third-order valence-electron chi connectivity index (χ3n) is 4.08. The molecule has 23 heavy (non-hydrogen) atoms. The van der Waals surface area contributed by atoms with Gasteiger partial charge in [-0.2, -0.15) is 0 Å². The lowest BCUT2D eigenvalue weighted by atomic mass is 10.1. The summed E-state index contributed by atoms with van der Waals surface area (Å²) in [6, 6.07) is 15.4. The molecule has 3 nitrogen and oxygen atoms in total. The molecule has 1 heterocycles. The van der Waals surface area contributed by atoms with Gasteiger partial charge in [0.05, 0.1) is 0 Å². The molecule has 1 aliphatic rings. The van der Waals surface area contributed by atoms with Gasteiger partial charge in [-0.3, -0.25) is 9.69 Å². The summed E-state index contributed by atoms with van der Waals surface area (Å²) in [5, 5.41) is 0.600. The van der Waals surface area contributed by atoms with Crippen molar-refractivity contribution < 1.29 is 4.79 Å². The fourth-order valence-corrected chi connectivity index (χ4v) is 3.38. The minimum absolute atomic E-state index is 0.0630.